The summed E-state index contributed by atoms with van der Waals surface area (Å²) in [5, 5.41) is 0. The van der Waals surface area contributed by atoms with Crippen LogP contribution in [0.3, 0.4) is 0 Å². The van der Waals surface area contributed by atoms with Crippen LogP contribution >= 0.6 is 11.8 Å². The molecular weight excluding hydrogens is 206 g/mol. The van der Waals surface area contributed by atoms with E-state index in [2.05, 4.69) is 0 Å². The predicted octanol–water partition coefficient (Wildman–Crippen LogP) is 3.19. The van der Waals surface area contributed by atoms with Gasteiger partial charge in [-0.3, -0.25) is 0 Å². The molecular formula is C10H10F2OS. The van der Waals surface area contributed by atoms with Crippen LogP contribution in [0.25, 0.3) is 0 Å². The Labute approximate surface area is 85.5 Å². The zero-order chi connectivity index (χ0) is 9.97. The number of hydrogen-bond donors (Lipinski definition) is 0. The third-order valence-electron chi connectivity index (χ3n) is 1.99. The van der Waals surface area contributed by atoms with E-state index in [1.807, 2.05) is 0 Å². The number of benzene rings is 1. The first kappa shape index (κ1) is 9.93. The number of thioether (sulfide) groups is 1. The summed E-state index contributed by atoms with van der Waals surface area (Å²) in [4.78, 5) is 0.592. The number of halogens is 2. The van der Waals surface area contributed by atoms with E-state index in [0.717, 1.165) is 25.5 Å². The van der Waals surface area contributed by atoms with Gasteiger partial charge in [0.15, 0.2) is 0 Å². The van der Waals surface area contributed by atoms with Crippen LogP contribution in [-0.2, 0) is 4.74 Å². The molecule has 1 nitrogen and oxygen atoms in total. The van der Waals surface area contributed by atoms with Gasteiger partial charge < -0.3 is 4.74 Å². The topological polar surface area (TPSA) is 9.23 Å². The highest BCUT2D eigenvalue weighted by Gasteiger charge is 2.17. The van der Waals surface area contributed by atoms with Crippen molar-refractivity contribution in [3.8, 4) is 0 Å². The fraction of sp³-hybridized carbons (Fsp3) is 0.400. The summed E-state index contributed by atoms with van der Waals surface area (Å²) >= 11 is 1.38. The van der Waals surface area contributed by atoms with Crippen molar-refractivity contribution in [1.29, 1.82) is 0 Å². The molecule has 76 valence electrons. The van der Waals surface area contributed by atoms with E-state index in [9.17, 15) is 8.78 Å². The highest BCUT2D eigenvalue weighted by atomic mass is 32.2. The largest absolute Gasteiger partial charge is 0.367 e. The summed E-state index contributed by atoms with van der Waals surface area (Å²) in [5.41, 5.74) is 0.0520. The molecule has 1 unspecified atom stereocenters. The van der Waals surface area contributed by atoms with Crippen molar-refractivity contribution >= 4 is 11.8 Å². The fourth-order valence-corrected chi connectivity index (χ4v) is 2.50. The van der Waals surface area contributed by atoms with Gasteiger partial charge in [0.2, 0.25) is 0 Å². The Balaban J connectivity index is 2.07. The van der Waals surface area contributed by atoms with E-state index in [1.165, 1.54) is 23.9 Å². The van der Waals surface area contributed by atoms with Crippen LogP contribution in [0.1, 0.15) is 12.8 Å². The average Bonchev–Trinajstić information content (AvgIpc) is 2.54. The maximum absolute atomic E-state index is 12.8. The van der Waals surface area contributed by atoms with Crippen molar-refractivity contribution < 1.29 is 13.5 Å². The molecule has 1 heterocycles. The van der Waals surface area contributed by atoms with Gasteiger partial charge in [0.25, 0.3) is 0 Å². The van der Waals surface area contributed by atoms with Gasteiger partial charge in [-0.2, -0.15) is 0 Å². The second kappa shape index (κ2) is 4.28. The zero-order valence-electron chi connectivity index (χ0n) is 7.50. The van der Waals surface area contributed by atoms with Crippen molar-refractivity contribution in [2.75, 3.05) is 6.61 Å². The number of ether oxygens (including phenoxy) is 1. The first-order valence-corrected chi connectivity index (χ1v) is 5.36. The molecule has 0 saturated carbocycles. The van der Waals surface area contributed by atoms with Crippen molar-refractivity contribution in [1.82, 2.24) is 0 Å². The molecule has 0 aliphatic carbocycles. The van der Waals surface area contributed by atoms with E-state index in [1.54, 1.807) is 0 Å². The van der Waals surface area contributed by atoms with E-state index in [-0.39, 0.29) is 5.44 Å². The SMILES string of the molecule is Fc1cc(F)cc(SC2CCCO2)c1. The Kier molecular flexibility index (Phi) is 3.03. The highest BCUT2D eigenvalue weighted by Crippen LogP contribution is 2.31. The Morgan fingerprint density at radius 1 is 1.21 bits per heavy atom. The molecule has 14 heavy (non-hydrogen) atoms. The maximum Gasteiger partial charge on any atom is 0.127 e. The van der Waals surface area contributed by atoms with Gasteiger partial charge in [-0.15, -0.1) is 0 Å². The van der Waals surface area contributed by atoms with Crippen molar-refractivity contribution in [3.05, 3.63) is 29.8 Å². The summed E-state index contributed by atoms with van der Waals surface area (Å²) in [5.74, 6) is -1.07. The number of rotatable bonds is 2. The minimum Gasteiger partial charge on any atom is -0.367 e. The molecule has 1 saturated heterocycles. The monoisotopic (exact) mass is 216 g/mol. The van der Waals surface area contributed by atoms with Gasteiger partial charge >= 0.3 is 0 Å². The van der Waals surface area contributed by atoms with Gasteiger partial charge in [-0.05, 0) is 25.0 Å². The third-order valence-corrected chi connectivity index (χ3v) is 3.13. The molecule has 1 fully saturated rings. The minimum atomic E-state index is -0.537. The Bertz CT molecular complexity index is 304. The van der Waals surface area contributed by atoms with E-state index < -0.39 is 11.6 Å². The predicted molar refractivity (Wildman–Crippen MR) is 51.2 cm³/mol. The molecule has 1 atom stereocenters. The van der Waals surface area contributed by atoms with Crippen molar-refractivity contribution in [3.63, 3.8) is 0 Å². The Morgan fingerprint density at radius 3 is 2.50 bits per heavy atom. The summed E-state index contributed by atoms with van der Waals surface area (Å²) in [7, 11) is 0. The lowest BCUT2D eigenvalue weighted by atomic mass is 10.3. The first-order valence-electron chi connectivity index (χ1n) is 4.48. The van der Waals surface area contributed by atoms with Crippen LogP contribution in [0, 0.1) is 11.6 Å². The van der Waals surface area contributed by atoms with Gasteiger partial charge in [-0.1, -0.05) is 11.8 Å². The average molecular weight is 216 g/mol. The molecule has 0 radical (unpaired) electrons. The third kappa shape index (κ3) is 2.45. The quantitative estimate of drug-likeness (QED) is 0.750. The van der Waals surface area contributed by atoms with Crippen LogP contribution in [0.5, 0.6) is 0 Å². The molecule has 1 aromatic rings. The van der Waals surface area contributed by atoms with Crippen LogP contribution < -0.4 is 0 Å². The standard InChI is InChI=1S/C10H10F2OS/c11-7-4-8(12)6-9(5-7)14-10-2-1-3-13-10/h4-6,10H,1-3H2. The van der Waals surface area contributed by atoms with Gasteiger partial charge in [0.05, 0.1) is 0 Å². The molecule has 2 rings (SSSR count). The van der Waals surface area contributed by atoms with Crippen LogP contribution in [0.2, 0.25) is 0 Å². The molecule has 0 N–H and O–H groups in total. The molecule has 0 amide bonds. The second-order valence-corrected chi connectivity index (χ2v) is 4.40. The van der Waals surface area contributed by atoms with Crippen LogP contribution in [0.15, 0.2) is 23.1 Å². The molecule has 1 aliphatic heterocycles. The lowest BCUT2D eigenvalue weighted by molar-refractivity contribution is 0.173. The zero-order valence-corrected chi connectivity index (χ0v) is 8.32. The molecule has 0 aromatic heterocycles. The maximum atomic E-state index is 12.8. The Hall–Kier alpha value is -0.610. The second-order valence-electron chi connectivity index (χ2n) is 3.17. The molecule has 1 aromatic carbocycles. The normalized spacial score (nSPS) is 21.4. The van der Waals surface area contributed by atoms with Crippen LogP contribution in [-0.4, -0.2) is 12.0 Å². The number of hydrogen-bond acceptors (Lipinski definition) is 2. The minimum absolute atomic E-state index is 0.0520. The molecule has 1 aliphatic rings. The fourth-order valence-electron chi connectivity index (χ4n) is 1.39. The van der Waals surface area contributed by atoms with E-state index >= 15 is 0 Å². The van der Waals surface area contributed by atoms with Gasteiger partial charge in [0, 0.05) is 17.6 Å². The summed E-state index contributed by atoms with van der Waals surface area (Å²) in [6, 6.07) is 3.53. The van der Waals surface area contributed by atoms with Gasteiger partial charge in [-0.25, -0.2) is 8.78 Å². The molecule has 4 heteroatoms. The lowest BCUT2D eigenvalue weighted by Crippen LogP contribution is -1.98. The highest BCUT2D eigenvalue weighted by molar-refractivity contribution is 7.99. The van der Waals surface area contributed by atoms with E-state index in [0.29, 0.717) is 4.90 Å². The molecule has 0 bridgehead atoms. The Morgan fingerprint density at radius 2 is 1.93 bits per heavy atom. The lowest BCUT2D eigenvalue weighted by Gasteiger charge is -2.08. The molecule has 0 spiro atoms. The summed E-state index contributed by atoms with van der Waals surface area (Å²) < 4.78 is 31.0. The van der Waals surface area contributed by atoms with Gasteiger partial charge in [0.1, 0.15) is 17.1 Å². The summed E-state index contributed by atoms with van der Waals surface area (Å²) in [6.07, 6.45) is 1.97. The van der Waals surface area contributed by atoms with E-state index in [4.69, 9.17) is 4.74 Å². The van der Waals surface area contributed by atoms with Crippen molar-refractivity contribution in [2.45, 2.75) is 23.2 Å². The van der Waals surface area contributed by atoms with Crippen molar-refractivity contribution in [2.24, 2.45) is 0 Å². The summed E-state index contributed by atoms with van der Waals surface area (Å²) in [6.45, 7) is 0.746. The first-order chi connectivity index (χ1) is 6.74. The van der Waals surface area contributed by atoms with Crippen LogP contribution in [0.4, 0.5) is 8.78 Å². The smallest absolute Gasteiger partial charge is 0.127 e.